The molecule has 0 saturated carbocycles. The Morgan fingerprint density at radius 3 is 2.62 bits per heavy atom. The van der Waals surface area contributed by atoms with Crippen LogP contribution in [-0.2, 0) is 6.42 Å². The summed E-state index contributed by atoms with van der Waals surface area (Å²) in [7, 11) is 0. The van der Waals surface area contributed by atoms with E-state index >= 15 is 0 Å². The van der Waals surface area contributed by atoms with Crippen molar-refractivity contribution in [2.24, 2.45) is 0 Å². The van der Waals surface area contributed by atoms with Gasteiger partial charge in [0.05, 0.1) is 12.5 Å². The zero-order valence-corrected chi connectivity index (χ0v) is 10.6. The molecule has 0 N–H and O–H groups in total. The minimum Gasteiger partial charge on any atom is -0.472 e. The lowest BCUT2D eigenvalue weighted by atomic mass is 10.1. The SMILES string of the molecule is CC(C)=CCCC(C)=CCCc1ccoc1. The van der Waals surface area contributed by atoms with Crippen LogP contribution in [-0.4, -0.2) is 0 Å². The van der Waals surface area contributed by atoms with E-state index in [1.165, 1.54) is 23.1 Å². The summed E-state index contributed by atoms with van der Waals surface area (Å²) in [5.41, 5.74) is 4.18. The maximum absolute atomic E-state index is 5.03. The van der Waals surface area contributed by atoms with E-state index in [0.29, 0.717) is 0 Å². The molecular formula is C15H22O. The highest BCUT2D eigenvalue weighted by Crippen LogP contribution is 2.10. The van der Waals surface area contributed by atoms with E-state index in [-0.39, 0.29) is 0 Å². The van der Waals surface area contributed by atoms with Crippen LogP contribution in [0, 0.1) is 0 Å². The molecule has 1 aromatic rings. The van der Waals surface area contributed by atoms with Gasteiger partial charge in [-0.15, -0.1) is 0 Å². The quantitative estimate of drug-likeness (QED) is 0.619. The summed E-state index contributed by atoms with van der Waals surface area (Å²) < 4.78 is 5.03. The van der Waals surface area contributed by atoms with Crippen LogP contribution in [0.15, 0.2) is 46.3 Å². The van der Waals surface area contributed by atoms with Gasteiger partial charge >= 0.3 is 0 Å². The molecule has 16 heavy (non-hydrogen) atoms. The van der Waals surface area contributed by atoms with E-state index in [1.807, 2.05) is 12.3 Å². The second-order valence-corrected chi connectivity index (χ2v) is 4.54. The molecule has 88 valence electrons. The highest BCUT2D eigenvalue weighted by Gasteiger charge is 1.93. The van der Waals surface area contributed by atoms with Crippen molar-refractivity contribution < 1.29 is 4.42 Å². The Morgan fingerprint density at radius 2 is 2.00 bits per heavy atom. The summed E-state index contributed by atoms with van der Waals surface area (Å²) in [5, 5.41) is 0. The number of furan rings is 1. The first-order chi connectivity index (χ1) is 7.68. The zero-order valence-electron chi connectivity index (χ0n) is 10.6. The molecule has 0 unspecified atom stereocenters. The third kappa shape index (κ3) is 5.59. The Kier molecular flexibility index (Phi) is 5.69. The summed E-state index contributed by atoms with van der Waals surface area (Å²) in [6.45, 7) is 6.52. The monoisotopic (exact) mass is 218 g/mol. The lowest BCUT2D eigenvalue weighted by Crippen LogP contribution is -1.81. The van der Waals surface area contributed by atoms with Crippen LogP contribution in [0.5, 0.6) is 0 Å². The van der Waals surface area contributed by atoms with Gasteiger partial charge < -0.3 is 4.42 Å². The first kappa shape index (κ1) is 12.8. The molecule has 0 aliphatic heterocycles. The summed E-state index contributed by atoms with van der Waals surface area (Å²) in [5.74, 6) is 0. The normalized spacial score (nSPS) is 11.6. The van der Waals surface area contributed by atoms with Crippen molar-refractivity contribution in [1.29, 1.82) is 0 Å². The summed E-state index contributed by atoms with van der Waals surface area (Å²) >= 11 is 0. The van der Waals surface area contributed by atoms with E-state index in [0.717, 1.165) is 19.3 Å². The molecule has 1 aromatic heterocycles. The Balaban J connectivity index is 2.21. The molecule has 0 amide bonds. The van der Waals surface area contributed by atoms with Crippen molar-refractivity contribution in [1.82, 2.24) is 0 Å². The van der Waals surface area contributed by atoms with Gasteiger partial charge in [0.25, 0.3) is 0 Å². The maximum atomic E-state index is 5.03. The van der Waals surface area contributed by atoms with Crippen LogP contribution < -0.4 is 0 Å². The lowest BCUT2D eigenvalue weighted by molar-refractivity contribution is 0.564. The average molecular weight is 218 g/mol. The van der Waals surface area contributed by atoms with E-state index in [9.17, 15) is 0 Å². The zero-order chi connectivity index (χ0) is 11.8. The minimum absolute atomic E-state index is 1.08. The molecule has 0 radical (unpaired) electrons. The molecule has 0 aliphatic carbocycles. The summed E-state index contributed by atoms with van der Waals surface area (Å²) in [6.07, 6.45) is 12.7. The fourth-order valence-corrected chi connectivity index (χ4v) is 1.61. The Labute approximate surface area is 98.9 Å². The van der Waals surface area contributed by atoms with E-state index < -0.39 is 0 Å². The second-order valence-electron chi connectivity index (χ2n) is 4.54. The van der Waals surface area contributed by atoms with Crippen molar-refractivity contribution in [3.05, 3.63) is 47.5 Å². The van der Waals surface area contributed by atoms with E-state index in [1.54, 1.807) is 6.26 Å². The van der Waals surface area contributed by atoms with E-state index in [4.69, 9.17) is 4.42 Å². The number of allylic oxidation sites excluding steroid dienone is 4. The number of aryl methyl sites for hydroxylation is 1. The molecule has 1 heterocycles. The Hall–Kier alpha value is -1.24. The van der Waals surface area contributed by atoms with Gasteiger partial charge in [-0.2, -0.15) is 0 Å². The third-order valence-electron chi connectivity index (χ3n) is 2.60. The van der Waals surface area contributed by atoms with Crippen LogP contribution in [0.25, 0.3) is 0 Å². The fraction of sp³-hybridized carbons (Fsp3) is 0.467. The number of rotatable bonds is 6. The molecule has 1 rings (SSSR count). The topological polar surface area (TPSA) is 13.1 Å². The largest absolute Gasteiger partial charge is 0.472 e. The predicted molar refractivity (Wildman–Crippen MR) is 69.5 cm³/mol. The minimum atomic E-state index is 1.08. The van der Waals surface area contributed by atoms with Gasteiger partial charge in [-0.25, -0.2) is 0 Å². The van der Waals surface area contributed by atoms with Gasteiger partial charge in [-0.3, -0.25) is 0 Å². The number of hydrogen-bond donors (Lipinski definition) is 0. The van der Waals surface area contributed by atoms with Crippen LogP contribution in [0.1, 0.15) is 45.6 Å². The van der Waals surface area contributed by atoms with Gasteiger partial charge in [0.15, 0.2) is 0 Å². The van der Waals surface area contributed by atoms with Gasteiger partial charge in [0.1, 0.15) is 0 Å². The lowest BCUT2D eigenvalue weighted by Gasteiger charge is -1.99. The Bertz CT molecular complexity index is 338. The third-order valence-corrected chi connectivity index (χ3v) is 2.60. The summed E-state index contributed by atoms with van der Waals surface area (Å²) in [6, 6.07) is 2.03. The van der Waals surface area contributed by atoms with Crippen molar-refractivity contribution in [2.75, 3.05) is 0 Å². The number of hydrogen-bond acceptors (Lipinski definition) is 1. The van der Waals surface area contributed by atoms with Crippen LogP contribution in [0.3, 0.4) is 0 Å². The van der Waals surface area contributed by atoms with Gasteiger partial charge in [-0.05, 0) is 58.1 Å². The molecule has 1 nitrogen and oxygen atoms in total. The molecule has 1 heteroatoms. The molecule has 0 spiro atoms. The fourth-order valence-electron chi connectivity index (χ4n) is 1.61. The Morgan fingerprint density at radius 1 is 1.19 bits per heavy atom. The molecule has 0 aliphatic rings. The van der Waals surface area contributed by atoms with Crippen LogP contribution in [0.4, 0.5) is 0 Å². The van der Waals surface area contributed by atoms with Crippen LogP contribution in [0.2, 0.25) is 0 Å². The maximum Gasteiger partial charge on any atom is 0.0934 e. The van der Waals surface area contributed by atoms with Gasteiger partial charge in [-0.1, -0.05) is 23.3 Å². The van der Waals surface area contributed by atoms with Crippen molar-refractivity contribution in [2.45, 2.75) is 46.5 Å². The highest BCUT2D eigenvalue weighted by atomic mass is 16.3. The van der Waals surface area contributed by atoms with Gasteiger partial charge in [0, 0.05) is 0 Å². The molecule has 0 aromatic carbocycles. The smallest absolute Gasteiger partial charge is 0.0934 e. The van der Waals surface area contributed by atoms with Crippen LogP contribution >= 0.6 is 0 Å². The molecule has 0 atom stereocenters. The van der Waals surface area contributed by atoms with Crippen molar-refractivity contribution >= 4 is 0 Å². The predicted octanol–water partition coefficient (Wildman–Crippen LogP) is 4.90. The molecular weight excluding hydrogens is 196 g/mol. The van der Waals surface area contributed by atoms with Crippen molar-refractivity contribution in [3.8, 4) is 0 Å². The average Bonchev–Trinajstić information content (AvgIpc) is 2.70. The van der Waals surface area contributed by atoms with E-state index in [2.05, 4.69) is 32.9 Å². The molecule has 0 bridgehead atoms. The second kappa shape index (κ2) is 7.10. The highest BCUT2D eigenvalue weighted by molar-refractivity contribution is 5.08. The van der Waals surface area contributed by atoms with Crippen molar-refractivity contribution in [3.63, 3.8) is 0 Å². The molecule has 0 fully saturated rings. The first-order valence-electron chi connectivity index (χ1n) is 5.98. The summed E-state index contributed by atoms with van der Waals surface area (Å²) in [4.78, 5) is 0. The standard InChI is InChI=1S/C15H22O/c1-13(2)6-4-7-14(3)8-5-9-15-10-11-16-12-15/h6,8,10-12H,4-5,7,9H2,1-3H3. The molecule has 0 saturated heterocycles. The van der Waals surface area contributed by atoms with Gasteiger partial charge in [0.2, 0.25) is 0 Å². The first-order valence-corrected chi connectivity index (χ1v) is 5.98.